The third-order valence-corrected chi connectivity index (χ3v) is 5.70. The van der Waals surface area contributed by atoms with Gasteiger partial charge in [-0.05, 0) is 31.0 Å². The predicted molar refractivity (Wildman–Crippen MR) is 85.6 cm³/mol. The van der Waals surface area contributed by atoms with Crippen LogP contribution in [0.1, 0.15) is 23.2 Å². The molecule has 0 spiro atoms. The summed E-state index contributed by atoms with van der Waals surface area (Å²) in [6.07, 6.45) is 2.33. The van der Waals surface area contributed by atoms with Crippen LogP contribution < -0.4 is 0 Å². The van der Waals surface area contributed by atoms with E-state index >= 15 is 0 Å². The first kappa shape index (κ1) is 17.4. The van der Waals surface area contributed by atoms with Crippen molar-refractivity contribution in [1.29, 1.82) is 0 Å². The third kappa shape index (κ3) is 4.05. The summed E-state index contributed by atoms with van der Waals surface area (Å²) in [5.74, 6) is -0.704. The quantitative estimate of drug-likeness (QED) is 0.790. The highest BCUT2D eigenvalue weighted by molar-refractivity contribution is 9.10. The van der Waals surface area contributed by atoms with Crippen LogP contribution in [0.3, 0.4) is 0 Å². The second kappa shape index (κ2) is 6.64. The standard InChI is InChI=1S/C14H18BrFN2O3S/c1-17(22(2,20)21)13-3-5-18(6-4-13)14(19)10-7-11(15)9-12(16)8-10/h7-9,13H,3-6H2,1-2H3. The number of likely N-dealkylation sites (tertiary alicyclic amines) is 1. The van der Waals surface area contributed by atoms with Crippen LogP contribution in [-0.2, 0) is 10.0 Å². The van der Waals surface area contributed by atoms with E-state index < -0.39 is 15.8 Å². The Hall–Kier alpha value is -0.990. The number of carbonyl (C=O) groups is 1. The third-order valence-electron chi connectivity index (χ3n) is 3.90. The molecule has 0 radical (unpaired) electrons. The molecule has 2 rings (SSSR count). The molecule has 0 aromatic heterocycles. The van der Waals surface area contributed by atoms with Crippen molar-refractivity contribution in [2.45, 2.75) is 18.9 Å². The van der Waals surface area contributed by atoms with Gasteiger partial charge in [0.15, 0.2) is 0 Å². The Balaban J connectivity index is 2.04. The van der Waals surface area contributed by atoms with E-state index in [1.54, 1.807) is 18.0 Å². The molecule has 0 unspecified atom stereocenters. The lowest BCUT2D eigenvalue weighted by Gasteiger charge is -2.35. The number of amides is 1. The van der Waals surface area contributed by atoms with Crippen LogP contribution in [0.25, 0.3) is 0 Å². The molecule has 1 aromatic rings. The SMILES string of the molecule is CN(C1CCN(C(=O)c2cc(F)cc(Br)c2)CC1)S(C)(=O)=O. The van der Waals surface area contributed by atoms with Gasteiger partial charge >= 0.3 is 0 Å². The molecule has 1 saturated heterocycles. The van der Waals surface area contributed by atoms with E-state index in [-0.39, 0.29) is 11.9 Å². The molecule has 22 heavy (non-hydrogen) atoms. The smallest absolute Gasteiger partial charge is 0.253 e. The molecule has 0 atom stereocenters. The van der Waals surface area contributed by atoms with Crippen molar-refractivity contribution >= 4 is 31.9 Å². The minimum atomic E-state index is -3.23. The maximum Gasteiger partial charge on any atom is 0.253 e. The molecule has 1 amide bonds. The summed E-state index contributed by atoms with van der Waals surface area (Å²) < 4.78 is 38.3. The number of halogens is 2. The second-order valence-electron chi connectivity index (χ2n) is 5.46. The fraction of sp³-hybridized carbons (Fsp3) is 0.500. The van der Waals surface area contributed by atoms with Gasteiger partial charge in [-0.3, -0.25) is 4.79 Å². The van der Waals surface area contributed by atoms with Crippen LogP contribution in [0.4, 0.5) is 4.39 Å². The second-order valence-corrected chi connectivity index (χ2v) is 8.42. The summed E-state index contributed by atoms with van der Waals surface area (Å²) in [6.45, 7) is 0.912. The number of piperidine rings is 1. The van der Waals surface area contributed by atoms with E-state index in [1.807, 2.05) is 0 Å². The first-order valence-corrected chi connectivity index (χ1v) is 9.51. The van der Waals surface area contributed by atoms with E-state index in [4.69, 9.17) is 0 Å². The van der Waals surface area contributed by atoms with Crippen LogP contribution in [-0.4, -0.2) is 56.0 Å². The lowest BCUT2D eigenvalue weighted by Crippen LogP contribution is -2.47. The summed E-state index contributed by atoms with van der Waals surface area (Å²) in [6, 6.07) is 3.99. The molecule has 1 fully saturated rings. The molecular formula is C14H18BrFN2O3S. The zero-order valence-electron chi connectivity index (χ0n) is 12.4. The number of sulfonamides is 1. The van der Waals surface area contributed by atoms with Gasteiger partial charge in [-0.1, -0.05) is 15.9 Å². The van der Waals surface area contributed by atoms with Crippen LogP contribution >= 0.6 is 15.9 Å². The normalized spacial score (nSPS) is 17.0. The maximum absolute atomic E-state index is 13.4. The van der Waals surface area contributed by atoms with Crippen molar-refractivity contribution in [3.05, 3.63) is 34.1 Å². The highest BCUT2D eigenvalue weighted by Crippen LogP contribution is 2.21. The zero-order valence-corrected chi connectivity index (χ0v) is 14.8. The van der Waals surface area contributed by atoms with Crippen molar-refractivity contribution in [2.24, 2.45) is 0 Å². The van der Waals surface area contributed by atoms with Gasteiger partial charge in [0, 0.05) is 36.2 Å². The van der Waals surface area contributed by atoms with Gasteiger partial charge in [-0.15, -0.1) is 0 Å². The van der Waals surface area contributed by atoms with E-state index in [2.05, 4.69) is 15.9 Å². The van der Waals surface area contributed by atoms with Crippen molar-refractivity contribution in [2.75, 3.05) is 26.4 Å². The molecule has 0 N–H and O–H groups in total. The Morgan fingerprint density at radius 1 is 1.32 bits per heavy atom. The summed E-state index contributed by atoms with van der Waals surface area (Å²) in [5, 5.41) is 0. The molecule has 8 heteroatoms. The zero-order chi connectivity index (χ0) is 16.5. The topological polar surface area (TPSA) is 57.7 Å². The highest BCUT2D eigenvalue weighted by Gasteiger charge is 2.29. The molecule has 5 nitrogen and oxygen atoms in total. The minimum Gasteiger partial charge on any atom is -0.339 e. The Kier molecular flexibility index (Phi) is 5.24. The van der Waals surface area contributed by atoms with E-state index in [1.165, 1.54) is 22.7 Å². The van der Waals surface area contributed by atoms with E-state index in [9.17, 15) is 17.6 Å². The van der Waals surface area contributed by atoms with E-state index in [0.29, 0.717) is 36.0 Å². The molecule has 1 aliphatic heterocycles. The number of nitrogens with zero attached hydrogens (tertiary/aromatic N) is 2. The van der Waals surface area contributed by atoms with Gasteiger partial charge < -0.3 is 4.90 Å². The summed E-state index contributed by atoms with van der Waals surface area (Å²) in [5.41, 5.74) is 0.293. The average molecular weight is 393 g/mol. The number of benzene rings is 1. The van der Waals surface area contributed by atoms with Crippen molar-refractivity contribution in [3.63, 3.8) is 0 Å². The Morgan fingerprint density at radius 3 is 2.41 bits per heavy atom. The van der Waals surface area contributed by atoms with Crippen LogP contribution in [0, 0.1) is 5.82 Å². The first-order valence-electron chi connectivity index (χ1n) is 6.87. The monoisotopic (exact) mass is 392 g/mol. The highest BCUT2D eigenvalue weighted by atomic mass is 79.9. The van der Waals surface area contributed by atoms with E-state index in [0.717, 1.165) is 0 Å². The van der Waals surface area contributed by atoms with Crippen LogP contribution in [0.15, 0.2) is 22.7 Å². The molecular weight excluding hydrogens is 375 g/mol. The number of hydrogen-bond donors (Lipinski definition) is 0. The molecule has 0 saturated carbocycles. The molecule has 0 aliphatic carbocycles. The number of carbonyl (C=O) groups excluding carboxylic acids is 1. The summed E-state index contributed by atoms with van der Waals surface area (Å²) >= 11 is 3.17. The Labute approximate surface area is 138 Å². The lowest BCUT2D eigenvalue weighted by molar-refractivity contribution is 0.0685. The minimum absolute atomic E-state index is 0.0988. The summed E-state index contributed by atoms with van der Waals surface area (Å²) in [4.78, 5) is 14.0. The molecule has 122 valence electrons. The molecule has 1 aliphatic rings. The fourth-order valence-electron chi connectivity index (χ4n) is 2.56. The first-order chi connectivity index (χ1) is 10.2. The largest absolute Gasteiger partial charge is 0.339 e. The van der Waals surface area contributed by atoms with Gasteiger partial charge in [0.05, 0.1) is 6.26 Å². The average Bonchev–Trinajstić information content (AvgIpc) is 2.44. The van der Waals surface area contributed by atoms with Gasteiger partial charge in [-0.25, -0.2) is 17.1 Å². The number of hydrogen-bond acceptors (Lipinski definition) is 3. The van der Waals surface area contributed by atoms with Gasteiger partial charge in [0.25, 0.3) is 5.91 Å². The summed E-state index contributed by atoms with van der Waals surface area (Å²) in [7, 11) is -1.67. The van der Waals surface area contributed by atoms with Gasteiger partial charge in [0.2, 0.25) is 10.0 Å². The lowest BCUT2D eigenvalue weighted by atomic mass is 10.0. The maximum atomic E-state index is 13.4. The molecule has 0 bridgehead atoms. The number of rotatable bonds is 3. The van der Waals surface area contributed by atoms with Crippen molar-refractivity contribution < 1.29 is 17.6 Å². The Morgan fingerprint density at radius 2 is 1.91 bits per heavy atom. The van der Waals surface area contributed by atoms with Crippen LogP contribution in [0.5, 0.6) is 0 Å². The van der Waals surface area contributed by atoms with Gasteiger partial charge in [0.1, 0.15) is 5.82 Å². The molecule has 1 aromatic carbocycles. The molecule has 1 heterocycles. The van der Waals surface area contributed by atoms with Crippen molar-refractivity contribution in [3.8, 4) is 0 Å². The van der Waals surface area contributed by atoms with Gasteiger partial charge in [-0.2, -0.15) is 0 Å². The fourth-order valence-corrected chi connectivity index (χ4v) is 3.78. The Bertz CT molecular complexity index is 652. The van der Waals surface area contributed by atoms with Crippen molar-refractivity contribution in [1.82, 2.24) is 9.21 Å². The van der Waals surface area contributed by atoms with Crippen LogP contribution in [0.2, 0.25) is 0 Å². The predicted octanol–water partition coefficient (Wildman–Crippen LogP) is 2.08.